The first-order chi connectivity index (χ1) is 12.3. The van der Waals surface area contributed by atoms with Crippen LogP contribution in [-0.4, -0.2) is 37.2 Å². The molecule has 2 heterocycles. The number of anilines is 1. The minimum absolute atomic E-state index is 0.0625. The van der Waals surface area contributed by atoms with Crippen molar-refractivity contribution in [2.45, 2.75) is 19.3 Å². The van der Waals surface area contributed by atoms with Crippen LogP contribution in [0.15, 0.2) is 54.9 Å². The number of piperidine rings is 1. The predicted molar refractivity (Wildman–Crippen MR) is 101 cm³/mol. The number of carbonyl (C=O) groups is 1. The van der Waals surface area contributed by atoms with Gasteiger partial charge in [0.25, 0.3) is 0 Å². The molecule has 0 atom stereocenters. The van der Waals surface area contributed by atoms with Crippen LogP contribution in [0.1, 0.15) is 18.4 Å². The van der Waals surface area contributed by atoms with Crippen molar-refractivity contribution in [2.75, 3.05) is 31.1 Å². The molecule has 1 aromatic carbocycles. The Morgan fingerprint density at radius 3 is 2.48 bits per heavy atom. The third-order valence-corrected chi connectivity index (χ3v) is 4.74. The van der Waals surface area contributed by atoms with Gasteiger partial charge in [-0.15, -0.1) is 0 Å². The van der Waals surface area contributed by atoms with Crippen molar-refractivity contribution in [3.8, 4) is 0 Å². The van der Waals surface area contributed by atoms with Crippen LogP contribution in [0, 0.1) is 5.92 Å². The summed E-state index contributed by atoms with van der Waals surface area (Å²) in [7, 11) is 0. The number of hydrogen-bond donors (Lipinski definition) is 2. The Morgan fingerprint density at radius 1 is 1.04 bits per heavy atom. The van der Waals surface area contributed by atoms with Crippen molar-refractivity contribution in [3.63, 3.8) is 0 Å². The predicted octanol–water partition coefficient (Wildman–Crippen LogP) is 2.84. The van der Waals surface area contributed by atoms with Crippen LogP contribution in [0.4, 0.5) is 10.5 Å². The van der Waals surface area contributed by atoms with E-state index in [4.69, 9.17) is 0 Å². The Kier molecular flexibility index (Phi) is 6.26. The molecular formula is C20H26N4O. The van der Waals surface area contributed by atoms with E-state index in [9.17, 15) is 4.79 Å². The third-order valence-electron chi connectivity index (χ3n) is 4.74. The van der Waals surface area contributed by atoms with Gasteiger partial charge in [0.05, 0.1) is 0 Å². The van der Waals surface area contributed by atoms with E-state index in [1.54, 1.807) is 0 Å². The third kappa shape index (κ3) is 5.48. The lowest BCUT2D eigenvalue weighted by atomic mass is 9.96. The summed E-state index contributed by atoms with van der Waals surface area (Å²) in [6.45, 7) is 3.48. The highest BCUT2D eigenvalue weighted by atomic mass is 16.2. The fourth-order valence-electron chi connectivity index (χ4n) is 3.21. The number of nitrogens with zero attached hydrogens (tertiary/aromatic N) is 2. The number of pyridine rings is 1. The van der Waals surface area contributed by atoms with Crippen molar-refractivity contribution in [1.29, 1.82) is 0 Å². The molecule has 0 unspecified atom stereocenters. The molecule has 0 saturated carbocycles. The highest BCUT2D eigenvalue weighted by molar-refractivity contribution is 5.73. The fraction of sp³-hybridized carbons (Fsp3) is 0.400. The maximum absolute atomic E-state index is 11.9. The fourth-order valence-corrected chi connectivity index (χ4v) is 3.21. The van der Waals surface area contributed by atoms with Crippen molar-refractivity contribution in [2.24, 2.45) is 5.92 Å². The molecule has 2 aromatic rings. The topological polar surface area (TPSA) is 57.3 Å². The monoisotopic (exact) mass is 338 g/mol. The highest BCUT2D eigenvalue weighted by Gasteiger charge is 2.19. The lowest BCUT2D eigenvalue weighted by molar-refractivity contribution is 0.237. The first kappa shape index (κ1) is 17.3. The molecule has 132 valence electrons. The molecular weight excluding hydrogens is 312 g/mol. The standard InChI is InChI=1S/C20H26N4O/c25-20(22-13-6-17-4-2-1-3-5-17)23-16-18-9-14-24(15-10-18)19-7-11-21-12-8-19/h1-5,7-8,11-12,18H,6,9-10,13-16H2,(H2,22,23,25). The van der Waals surface area contributed by atoms with Crippen molar-refractivity contribution in [1.82, 2.24) is 15.6 Å². The summed E-state index contributed by atoms with van der Waals surface area (Å²) in [4.78, 5) is 18.4. The zero-order chi connectivity index (χ0) is 17.3. The maximum Gasteiger partial charge on any atom is 0.314 e. The molecule has 1 aliphatic heterocycles. The molecule has 0 spiro atoms. The summed E-state index contributed by atoms with van der Waals surface area (Å²) >= 11 is 0. The van der Waals surface area contributed by atoms with E-state index < -0.39 is 0 Å². The van der Waals surface area contributed by atoms with Gasteiger partial charge in [-0.1, -0.05) is 30.3 Å². The van der Waals surface area contributed by atoms with Crippen LogP contribution in [-0.2, 0) is 6.42 Å². The lowest BCUT2D eigenvalue weighted by Crippen LogP contribution is -2.42. The average molecular weight is 338 g/mol. The zero-order valence-electron chi connectivity index (χ0n) is 14.5. The van der Waals surface area contributed by atoms with Crippen molar-refractivity contribution in [3.05, 3.63) is 60.4 Å². The second-order valence-corrected chi connectivity index (χ2v) is 6.51. The zero-order valence-corrected chi connectivity index (χ0v) is 14.5. The number of nitrogens with one attached hydrogen (secondary N) is 2. The van der Waals surface area contributed by atoms with E-state index in [0.29, 0.717) is 12.5 Å². The van der Waals surface area contributed by atoms with Crippen LogP contribution >= 0.6 is 0 Å². The van der Waals surface area contributed by atoms with Gasteiger partial charge < -0.3 is 15.5 Å². The van der Waals surface area contributed by atoms with Gasteiger partial charge in [-0.3, -0.25) is 4.98 Å². The van der Waals surface area contributed by atoms with E-state index >= 15 is 0 Å². The molecule has 1 aromatic heterocycles. The molecule has 0 radical (unpaired) electrons. The molecule has 1 aliphatic rings. The Bertz CT molecular complexity index is 639. The van der Waals surface area contributed by atoms with E-state index in [1.165, 1.54) is 11.3 Å². The summed E-state index contributed by atoms with van der Waals surface area (Å²) < 4.78 is 0. The second kappa shape index (κ2) is 9.06. The van der Waals surface area contributed by atoms with E-state index in [-0.39, 0.29) is 6.03 Å². The Hall–Kier alpha value is -2.56. The molecule has 2 N–H and O–H groups in total. The van der Waals surface area contributed by atoms with Gasteiger partial charge in [0, 0.05) is 44.3 Å². The normalized spacial score (nSPS) is 15.0. The molecule has 5 heteroatoms. The van der Waals surface area contributed by atoms with Crippen LogP contribution in [0.2, 0.25) is 0 Å². The number of rotatable bonds is 6. The van der Waals surface area contributed by atoms with E-state index in [1.807, 2.05) is 30.6 Å². The van der Waals surface area contributed by atoms with Gasteiger partial charge in [0.1, 0.15) is 0 Å². The quantitative estimate of drug-likeness (QED) is 0.851. The minimum atomic E-state index is -0.0625. The van der Waals surface area contributed by atoms with Gasteiger partial charge in [0.15, 0.2) is 0 Å². The smallest absolute Gasteiger partial charge is 0.314 e. The van der Waals surface area contributed by atoms with Crippen molar-refractivity contribution < 1.29 is 4.79 Å². The molecule has 0 bridgehead atoms. The number of aromatic nitrogens is 1. The van der Waals surface area contributed by atoms with Gasteiger partial charge in [-0.25, -0.2) is 4.79 Å². The van der Waals surface area contributed by atoms with Crippen LogP contribution in [0.5, 0.6) is 0 Å². The molecule has 1 fully saturated rings. The van der Waals surface area contributed by atoms with Gasteiger partial charge in [-0.05, 0) is 42.9 Å². The molecule has 0 aliphatic carbocycles. The number of amides is 2. The second-order valence-electron chi connectivity index (χ2n) is 6.51. The van der Waals surface area contributed by atoms with E-state index in [0.717, 1.165) is 38.9 Å². The Labute approximate surface area is 149 Å². The molecule has 3 rings (SSSR count). The number of carbonyl (C=O) groups excluding carboxylic acids is 1. The number of benzene rings is 1. The summed E-state index contributed by atoms with van der Waals surface area (Å²) in [5.41, 5.74) is 2.48. The first-order valence-corrected chi connectivity index (χ1v) is 9.02. The van der Waals surface area contributed by atoms with Crippen LogP contribution in [0.3, 0.4) is 0 Å². The van der Waals surface area contributed by atoms with Gasteiger partial charge >= 0.3 is 6.03 Å². The average Bonchev–Trinajstić information content (AvgIpc) is 2.68. The largest absolute Gasteiger partial charge is 0.371 e. The number of hydrogen-bond acceptors (Lipinski definition) is 3. The van der Waals surface area contributed by atoms with E-state index in [2.05, 4.69) is 44.8 Å². The molecule has 1 saturated heterocycles. The van der Waals surface area contributed by atoms with Crippen LogP contribution in [0.25, 0.3) is 0 Å². The molecule has 2 amide bonds. The van der Waals surface area contributed by atoms with Crippen LogP contribution < -0.4 is 15.5 Å². The number of urea groups is 1. The summed E-state index contributed by atoms with van der Waals surface area (Å²) in [5.74, 6) is 0.554. The Balaban J connectivity index is 1.31. The minimum Gasteiger partial charge on any atom is -0.371 e. The molecule has 5 nitrogen and oxygen atoms in total. The summed E-state index contributed by atoms with van der Waals surface area (Å²) in [6, 6.07) is 14.3. The molecule has 25 heavy (non-hydrogen) atoms. The SMILES string of the molecule is O=C(NCCc1ccccc1)NCC1CCN(c2ccncc2)CC1. The van der Waals surface area contributed by atoms with Gasteiger partial charge in [0.2, 0.25) is 0 Å². The highest BCUT2D eigenvalue weighted by Crippen LogP contribution is 2.22. The lowest BCUT2D eigenvalue weighted by Gasteiger charge is -2.33. The first-order valence-electron chi connectivity index (χ1n) is 9.02. The summed E-state index contributed by atoms with van der Waals surface area (Å²) in [6.07, 6.45) is 6.74. The maximum atomic E-state index is 11.9. The van der Waals surface area contributed by atoms with Gasteiger partial charge in [-0.2, -0.15) is 0 Å². The van der Waals surface area contributed by atoms with Crippen molar-refractivity contribution >= 4 is 11.7 Å². The Morgan fingerprint density at radius 2 is 1.76 bits per heavy atom. The summed E-state index contributed by atoms with van der Waals surface area (Å²) in [5, 5.41) is 5.95.